The average molecular weight is 584 g/mol. The van der Waals surface area contributed by atoms with Gasteiger partial charge in [-0.3, -0.25) is 9.34 Å². The molecule has 0 heterocycles. The molecule has 0 aromatic heterocycles. The summed E-state index contributed by atoms with van der Waals surface area (Å²) in [5.74, 6) is 0.405. The predicted molar refractivity (Wildman–Crippen MR) is 183 cm³/mol. The summed E-state index contributed by atoms with van der Waals surface area (Å²) in [7, 11) is 8.33. The van der Waals surface area contributed by atoms with Gasteiger partial charge in [0, 0.05) is 50.6 Å². The smallest absolute Gasteiger partial charge is 0.0144 e. The van der Waals surface area contributed by atoms with Crippen molar-refractivity contribution in [2.75, 3.05) is 46.3 Å². The Bertz CT molecular complexity index is 1060. The average Bonchev–Trinajstić information content (AvgIpc) is 3.17. The van der Waals surface area contributed by atoms with E-state index >= 15 is 0 Å². The summed E-state index contributed by atoms with van der Waals surface area (Å²) >= 11 is 0. The zero-order chi connectivity index (χ0) is 29.6. The molecule has 0 spiro atoms. The predicted octanol–water partition coefficient (Wildman–Crippen LogP) is 8.40. The van der Waals surface area contributed by atoms with Crippen LogP contribution in [0.2, 0.25) is 0 Å². The number of fused-ring (bicyclic) bond motifs is 1. The molecule has 2 aromatic rings. The van der Waals surface area contributed by atoms with Crippen LogP contribution in [0.1, 0.15) is 102 Å². The molecule has 3 nitrogen and oxygen atoms in total. The van der Waals surface area contributed by atoms with Crippen molar-refractivity contribution in [1.82, 2.24) is 14.2 Å². The summed E-state index contributed by atoms with van der Waals surface area (Å²) in [5.41, 5.74) is 6.72. The molecule has 5 atom stereocenters. The van der Waals surface area contributed by atoms with E-state index in [1.54, 1.807) is 11.1 Å². The SMILES string of the molecule is CCCN(P)CCN(C)CC1(C)c2ccc(C(C)c3ccccc3)cc2CC1(CC)CCN(P)CC(C)(C)CC. The topological polar surface area (TPSA) is 9.72 Å². The molecule has 3 rings (SSSR count). The third-order valence-corrected chi connectivity index (χ3v) is 11.2. The van der Waals surface area contributed by atoms with Crippen LogP contribution in [-0.2, 0) is 11.8 Å². The standard InChI is InChI=1S/C35H59N3P2/c1-9-20-37(39)23-22-36(8)27-34(7)32-18-17-30(28(4)29-15-13-12-14-16-29)24-31(32)25-35(34,11-3)19-21-38(40)26-33(5,6)10-2/h12-18,24,28H,9-11,19-23,25-27,39-40H2,1-8H3. The van der Waals surface area contributed by atoms with Gasteiger partial charge in [-0.05, 0) is 72.2 Å². The molecule has 0 bridgehead atoms. The maximum atomic E-state index is 3.06. The molecular weight excluding hydrogens is 524 g/mol. The fourth-order valence-electron chi connectivity index (χ4n) is 7.07. The molecule has 0 saturated heterocycles. The van der Waals surface area contributed by atoms with E-state index in [0.29, 0.717) is 11.3 Å². The zero-order valence-corrected chi connectivity index (χ0v) is 29.3. The van der Waals surface area contributed by atoms with Crippen molar-refractivity contribution in [3.05, 3.63) is 70.8 Å². The van der Waals surface area contributed by atoms with E-state index in [4.69, 9.17) is 0 Å². The highest BCUT2D eigenvalue weighted by Crippen LogP contribution is 2.56. The van der Waals surface area contributed by atoms with Crippen LogP contribution in [0.15, 0.2) is 48.5 Å². The summed E-state index contributed by atoms with van der Waals surface area (Å²) in [5, 5.41) is 0. The third kappa shape index (κ3) is 7.96. The molecule has 5 unspecified atom stereocenters. The fraction of sp³-hybridized carbons (Fsp3) is 0.657. The van der Waals surface area contributed by atoms with Gasteiger partial charge in [0.2, 0.25) is 0 Å². The molecular formula is C35H59N3P2. The lowest BCUT2D eigenvalue weighted by atomic mass is 9.61. The van der Waals surface area contributed by atoms with Gasteiger partial charge in [-0.1, -0.05) is 116 Å². The number of hydrogen-bond donors (Lipinski definition) is 0. The lowest BCUT2D eigenvalue weighted by molar-refractivity contribution is 0.0819. The maximum absolute atomic E-state index is 3.06. The van der Waals surface area contributed by atoms with Gasteiger partial charge in [-0.25, -0.2) is 0 Å². The molecule has 224 valence electrons. The Balaban J connectivity index is 1.92. The minimum Gasteiger partial charge on any atom is -0.304 e. The molecule has 1 aliphatic carbocycles. The second kappa shape index (κ2) is 14.6. The van der Waals surface area contributed by atoms with E-state index < -0.39 is 0 Å². The first kappa shape index (κ1) is 33.7. The summed E-state index contributed by atoms with van der Waals surface area (Å²) < 4.78 is 4.92. The first-order chi connectivity index (χ1) is 18.9. The Morgan fingerprint density at radius 1 is 0.900 bits per heavy atom. The van der Waals surface area contributed by atoms with Crippen molar-refractivity contribution in [2.24, 2.45) is 10.8 Å². The highest BCUT2D eigenvalue weighted by molar-refractivity contribution is 7.13. The normalized spacial score (nSPS) is 21.9. The van der Waals surface area contributed by atoms with Crippen LogP contribution in [-0.4, -0.2) is 60.6 Å². The molecule has 40 heavy (non-hydrogen) atoms. The monoisotopic (exact) mass is 583 g/mol. The van der Waals surface area contributed by atoms with Crippen molar-refractivity contribution in [3.8, 4) is 0 Å². The lowest BCUT2D eigenvalue weighted by Gasteiger charge is -2.47. The Hall–Kier alpha value is -0.820. The van der Waals surface area contributed by atoms with E-state index in [1.807, 2.05) is 0 Å². The Labute approximate surface area is 252 Å². The van der Waals surface area contributed by atoms with Crippen LogP contribution in [0.3, 0.4) is 0 Å². The zero-order valence-electron chi connectivity index (χ0n) is 27.0. The van der Waals surface area contributed by atoms with Gasteiger partial charge in [0.05, 0.1) is 0 Å². The van der Waals surface area contributed by atoms with E-state index in [0.717, 1.165) is 39.3 Å². The van der Waals surface area contributed by atoms with Crippen molar-refractivity contribution in [3.63, 3.8) is 0 Å². The van der Waals surface area contributed by atoms with Gasteiger partial charge in [0.25, 0.3) is 0 Å². The first-order valence-electron chi connectivity index (χ1n) is 15.8. The lowest BCUT2D eigenvalue weighted by Crippen LogP contribution is -2.49. The third-order valence-electron chi connectivity index (χ3n) is 10.2. The minimum atomic E-state index is 0.114. The van der Waals surface area contributed by atoms with Crippen molar-refractivity contribution >= 4 is 18.8 Å². The maximum Gasteiger partial charge on any atom is 0.0144 e. The van der Waals surface area contributed by atoms with Gasteiger partial charge in [0.15, 0.2) is 0 Å². The second-order valence-corrected chi connectivity index (χ2v) is 15.2. The molecule has 5 heteroatoms. The van der Waals surface area contributed by atoms with Gasteiger partial charge in [-0.15, -0.1) is 0 Å². The quantitative estimate of drug-likeness (QED) is 0.184. The van der Waals surface area contributed by atoms with E-state index in [9.17, 15) is 0 Å². The Morgan fingerprint density at radius 3 is 2.23 bits per heavy atom. The number of benzene rings is 2. The summed E-state index contributed by atoms with van der Waals surface area (Å²) in [6.45, 7) is 23.4. The van der Waals surface area contributed by atoms with E-state index in [2.05, 4.69) is 137 Å². The number of likely N-dealkylation sites (N-methyl/N-ethyl adjacent to an activating group) is 1. The van der Waals surface area contributed by atoms with E-state index in [1.165, 1.54) is 43.2 Å². The van der Waals surface area contributed by atoms with Crippen LogP contribution in [0.25, 0.3) is 0 Å². The summed E-state index contributed by atoms with van der Waals surface area (Å²) in [6, 6.07) is 18.5. The van der Waals surface area contributed by atoms with Crippen molar-refractivity contribution in [1.29, 1.82) is 0 Å². The summed E-state index contributed by atoms with van der Waals surface area (Å²) in [6.07, 6.45) is 6.01. The molecule has 1 aliphatic rings. The highest BCUT2D eigenvalue weighted by Gasteiger charge is 2.53. The van der Waals surface area contributed by atoms with Crippen LogP contribution in [0.5, 0.6) is 0 Å². The van der Waals surface area contributed by atoms with Crippen LogP contribution in [0.4, 0.5) is 0 Å². The van der Waals surface area contributed by atoms with Crippen LogP contribution >= 0.6 is 18.8 Å². The van der Waals surface area contributed by atoms with Crippen LogP contribution in [0, 0.1) is 10.8 Å². The second-order valence-electron chi connectivity index (χ2n) is 13.7. The van der Waals surface area contributed by atoms with Gasteiger partial charge in [-0.2, -0.15) is 0 Å². The molecule has 2 aromatic carbocycles. The number of nitrogens with zero attached hydrogens (tertiary/aromatic N) is 3. The largest absolute Gasteiger partial charge is 0.304 e. The van der Waals surface area contributed by atoms with E-state index in [-0.39, 0.29) is 10.8 Å². The molecule has 0 amide bonds. The van der Waals surface area contributed by atoms with Gasteiger partial charge >= 0.3 is 0 Å². The molecule has 0 saturated carbocycles. The van der Waals surface area contributed by atoms with Gasteiger partial charge in [0.1, 0.15) is 0 Å². The van der Waals surface area contributed by atoms with Crippen molar-refractivity contribution in [2.45, 2.75) is 91.9 Å². The minimum absolute atomic E-state index is 0.114. The highest BCUT2D eigenvalue weighted by atomic mass is 31.0. The summed E-state index contributed by atoms with van der Waals surface area (Å²) in [4.78, 5) is 2.60. The fourth-order valence-corrected chi connectivity index (χ4v) is 8.07. The molecule has 0 aliphatic heterocycles. The number of rotatable bonds is 16. The molecule has 0 N–H and O–H groups in total. The number of hydrogen-bond acceptors (Lipinski definition) is 3. The first-order valence-corrected chi connectivity index (χ1v) is 16.8. The Morgan fingerprint density at radius 2 is 1.60 bits per heavy atom. The van der Waals surface area contributed by atoms with Crippen molar-refractivity contribution < 1.29 is 0 Å². The van der Waals surface area contributed by atoms with Gasteiger partial charge < -0.3 is 4.90 Å². The Kier molecular flexibility index (Phi) is 12.3. The van der Waals surface area contributed by atoms with Crippen LogP contribution < -0.4 is 0 Å². The molecule has 0 radical (unpaired) electrons. The molecule has 0 fully saturated rings.